The molecular weight excluding hydrogens is 422 g/mol. The van der Waals surface area contributed by atoms with Crippen LogP contribution in [0.4, 0.5) is 8.78 Å². The van der Waals surface area contributed by atoms with Crippen molar-refractivity contribution in [3.63, 3.8) is 0 Å². The second-order valence-corrected chi connectivity index (χ2v) is 6.42. The number of hydrogen-bond donors (Lipinski definition) is 0. The molecule has 0 aliphatic carbocycles. The predicted molar refractivity (Wildman–Crippen MR) is 101 cm³/mol. The summed E-state index contributed by atoms with van der Waals surface area (Å²) in [6.45, 7) is -1.83. The summed E-state index contributed by atoms with van der Waals surface area (Å²) in [6, 6.07) is 8.26. The molecule has 2 rings (SSSR count). The Kier molecular flexibility index (Phi) is 8.35. The van der Waals surface area contributed by atoms with Gasteiger partial charge in [-0.05, 0) is 35.9 Å². The first kappa shape index (κ1) is 21.0. The van der Waals surface area contributed by atoms with E-state index in [2.05, 4.69) is 25.7 Å². The van der Waals surface area contributed by atoms with Crippen LogP contribution in [-0.2, 0) is 16.1 Å². The lowest BCUT2D eigenvalue weighted by Crippen LogP contribution is -2.32. The monoisotopic (exact) mass is 440 g/mol. The molecule has 0 spiro atoms. The molecule has 0 saturated heterocycles. The minimum absolute atomic E-state index is 0.00653. The molecule has 0 unspecified atom stereocenters. The van der Waals surface area contributed by atoms with Crippen LogP contribution in [0.5, 0.6) is 5.75 Å². The summed E-state index contributed by atoms with van der Waals surface area (Å²) < 4.78 is 35.4. The van der Waals surface area contributed by atoms with E-state index in [-0.39, 0.29) is 11.7 Å². The Morgan fingerprint density at radius 1 is 1.37 bits per heavy atom. The molecule has 2 aromatic rings. The third kappa shape index (κ3) is 7.07. The van der Waals surface area contributed by atoms with Gasteiger partial charge in [-0.25, -0.2) is 0 Å². The van der Waals surface area contributed by atoms with Crippen LogP contribution in [0, 0.1) is 0 Å². The van der Waals surface area contributed by atoms with Crippen LogP contribution in [0.1, 0.15) is 11.1 Å². The number of carbonyl (C=O) groups excluding carboxylic acids is 1. The van der Waals surface area contributed by atoms with Gasteiger partial charge in [-0.2, -0.15) is 8.78 Å². The third-order valence-corrected chi connectivity index (χ3v) is 4.06. The van der Waals surface area contributed by atoms with Crippen molar-refractivity contribution in [1.29, 1.82) is 0 Å². The van der Waals surface area contributed by atoms with Gasteiger partial charge in [0, 0.05) is 48.7 Å². The van der Waals surface area contributed by atoms with E-state index in [1.807, 2.05) is 6.07 Å². The number of carbonyl (C=O) groups is 1. The first-order chi connectivity index (χ1) is 13.0. The molecule has 0 atom stereocenters. The molecule has 0 radical (unpaired) electrons. The fourth-order valence-electron chi connectivity index (χ4n) is 2.30. The van der Waals surface area contributed by atoms with Crippen LogP contribution in [0.3, 0.4) is 0 Å². The number of aromatic nitrogens is 1. The Morgan fingerprint density at radius 3 is 2.85 bits per heavy atom. The molecule has 1 heterocycles. The Balaban J connectivity index is 2.17. The topological polar surface area (TPSA) is 51.7 Å². The SMILES string of the molecule is COCCN(Cc1cccnc1)C(=O)/C=C/c1cc(Br)ccc1OC(F)F. The van der Waals surface area contributed by atoms with Crippen molar-refractivity contribution < 1.29 is 23.0 Å². The summed E-state index contributed by atoms with van der Waals surface area (Å²) in [4.78, 5) is 18.2. The molecule has 8 heteroatoms. The van der Waals surface area contributed by atoms with Crippen LogP contribution in [0.15, 0.2) is 53.3 Å². The zero-order valence-electron chi connectivity index (χ0n) is 14.6. The Hall–Kier alpha value is -2.32. The van der Waals surface area contributed by atoms with Gasteiger partial charge in [0.05, 0.1) is 6.61 Å². The lowest BCUT2D eigenvalue weighted by molar-refractivity contribution is -0.127. The fourth-order valence-corrected chi connectivity index (χ4v) is 2.68. The molecule has 1 amide bonds. The average Bonchev–Trinajstić information content (AvgIpc) is 2.65. The molecular formula is C19H19BrF2N2O3. The zero-order chi connectivity index (χ0) is 19.6. The highest BCUT2D eigenvalue weighted by Gasteiger charge is 2.13. The Morgan fingerprint density at radius 2 is 2.19 bits per heavy atom. The Bertz CT molecular complexity index is 773. The molecule has 1 aromatic heterocycles. The zero-order valence-corrected chi connectivity index (χ0v) is 16.2. The Labute approximate surface area is 164 Å². The van der Waals surface area contributed by atoms with E-state index >= 15 is 0 Å². The van der Waals surface area contributed by atoms with Gasteiger partial charge in [-0.3, -0.25) is 9.78 Å². The fraction of sp³-hybridized carbons (Fsp3) is 0.263. The van der Waals surface area contributed by atoms with Crippen molar-refractivity contribution in [3.05, 3.63) is 64.4 Å². The maximum absolute atomic E-state index is 12.6. The first-order valence-electron chi connectivity index (χ1n) is 8.09. The minimum Gasteiger partial charge on any atom is -0.434 e. The number of pyridine rings is 1. The van der Waals surface area contributed by atoms with E-state index in [1.54, 1.807) is 42.6 Å². The second kappa shape index (κ2) is 10.7. The number of halogens is 3. The minimum atomic E-state index is -2.95. The summed E-state index contributed by atoms with van der Waals surface area (Å²) in [5.41, 5.74) is 1.24. The quantitative estimate of drug-likeness (QED) is 0.550. The van der Waals surface area contributed by atoms with E-state index < -0.39 is 6.61 Å². The van der Waals surface area contributed by atoms with Gasteiger partial charge >= 0.3 is 6.61 Å². The van der Waals surface area contributed by atoms with Crippen LogP contribution < -0.4 is 4.74 Å². The first-order valence-corrected chi connectivity index (χ1v) is 8.88. The van der Waals surface area contributed by atoms with E-state index in [9.17, 15) is 13.6 Å². The largest absolute Gasteiger partial charge is 0.434 e. The van der Waals surface area contributed by atoms with Gasteiger partial charge in [0.15, 0.2) is 0 Å². The summed E-state index contributed by atoms with van der Waals surface area (Å²) in [5.74, 6) is -0.285. The third-order valence-electron chi connectivity index (χ3n) is 3.57. The van der Waals surface area contributed by atoms with E-state index in [1.165, 1.54) is 18.2 Å². The van der Waals surface area contributed by atoms with Crippen molar-refractivity contribution in [2.75, 3.05) is 20.3 Å². The van der Waals surface area contributed by atoms with Gasteiger partial charge in [0.2, 0.25) is 5.91 Å². The van der Waals surface area contributed by atoms with Gasteiger partial charge in [-0.15, -0.1) is 0 Å². The highest BCUT2D eigenvalue weighted by atomic mass is 79.9. The molecule has 0 aliphatic heterocycles. The lowest BCUT2D eigenvalue weighted by atomic mass is 10.2. The molecule has 1 aromatic carbocycles. The lowest BCUT2D eigenvalue weighted by Gasteiger charge is -2.21. The highest BCUT2D eigenvalue weighted by Crippen LogP contribution is 2.26. The molecule has 0 N–H and O–H groups in total. The van der Waals surface area contributed by atoms with Gasteiger partial charge in [0.25, 0.3) is 0 Å². The van der Waals surface area contributed by atoms with Crippen LogP contribution in [-0.4, -0.2) is 42.7 Å². The van der Waals surface area contributed by atoms with Crippen molar-refractivity contribution >= 4 is 27.9 Å². The van der Waals surface area contributed by atoms with E-state index in [0.29, 0.717) is 29.7 Å². The molecule has 0 bridgehead atoms. The molecule has 0 saturated carbocycles. The van der Waals surface area contributed by atoms with Gasteiger partial charge < -0.3 is 14.4 Å². The standard InChI is InChI=1S/C19H19BrF2N2O3/c1-26-10-9-24(13-14-3-2-8-23-12-14)18(25)7-4-15-11-16(20)5-6-17(15)27-19(21)22/h2-8,11-12,19H,9-10,13H2,1H3/b7-4+. The summed E-state index contributed by atoms with van der Waals surface area (Å²) in [5, 5.41) is 0. The number of hydrogen-bond acceptors (Lipinski definition) is 4. The molecule has 27 heavy (non-hydrogen) atoms. The summed E-state index contributed by atoms with van der Waals surface area (Å²) >= 11 is 3.28. The number of ether oxygens (including phenoxy) is 2. The predicted octanol–water partition coefficient (Wildman–Crippen LogP) is 4.13. The average molecular weight is 441 g/mol. The van der Waals surface area contributed by atoms with Gasteiger partial charge in [-0.1, -0.05) is 22.0 Å². The van der Waals surface area contributed by atoms with E-state index in [0.717, 1.165) is 5.56 Å². The molecule has 5 nitrogen and oxygen atoms in total. The molecule has 0 aliphatic rings. The maximum atomic E-state index is 12.6. The maximum Gasteiger partial charge on any atom is 0.387 e. The van der Waals surface area contributed by atoms with Crippen LogP contribution in [0.2, 0.25) is 0 Å². The normalized spacial score (nSPS) is 11.1. The number of amides is 1. The number of methoxy groups -OCH3 is 1. The van der Waals surface area contributed by atoms with Crippen LogP contribution in [0.25, 0.3) is 6.08 Å². The van der Waals surface area contributed by atoms with E-state index in [4.69, 9.17) is 4.74 Å². The molecule has 144 valence electrons. The van der Waals surface area contributed by atoms with Crippen molar-refractivity contribution in [2.45, 2.75) is 13.2 Å². The number of benzene rings is 1. The van der Waals surface area contributed by atoms with Crippen molar-refractivity contribution in [1.82, 2.24) is 9.88 Å². The summed E-state index contributed by atoms with van der Waals surface area (Å²) in [6.07, 6.45) is 6.11. The van der Waals surface area contributed by atoms with Crippen LogP contribution >= 0.6 is 15.9 Å². The second-order valence-electron chi connectivity index (χ2n) is 5.51. The number of nitrogens with zero attached hydrogens (tertiary/aromatic N) is 2. The number of rotatable bonds is 9. The van der Waals surface area contributed by atoms with Crippen molar-refractivity contribution in [3.8, 4) is 5.75 Å². The molecule has 0 fully saturated rings. The van der Waals surface area contributed by atoms with Crippen molar-refractivity contribution in [2.24, 2.45) is 0 Å². The van der Waals surface area contributed by atoms with Gasteiger partial charge in [0.1, 0.15) is 5.75 Å². The number of alkyl halides is 2. The smallest absolute Gasteiger partial charge is 0.387 e. The highest BCUT2D eigenvalue weighted by molar-refractivity contribution is 9.10. The summed E-state index contributed by atoms with van der Waals surface area (Å²) in [7, 11) is 1.55.